The number of carbonyl (C=O) groups excluding carboxylic acids is 2. The molecule has 2 aliphatic heterocycles. The van der Waals surface area contributed by atoms with E-state index < -0.39 is 5.60 Å². The number of hydrogen-bond acceptors (Lipinski definition) is 6. The van der Waals surface area contributed by atoms with E-state index in [1.54, 1.807) is 4.90 Å². The van der Waals surface area contributed by atoms with E-state index in [2.05, 4.69) is 0 Å². The summed E-state index contributed by atoms with van der Waals surface area (Å²) in [6.45, 7) is 9.20. The molecule has 1 amide bonds. The van der Waals surface area contributed by atoms with Gasteiger partial charge in [-0.1, -0.05) is 13.0 Å². The van der Waals surface area contributed by atoms with Crippen molar-refractivity contribution in [3.8, 4) is 11.5 Å². The van der Waals surface area contributed by atoms with Gasteiger partial charge in [-0.25, -0.2) is 4.79 Å². The number of nitrogens with zero attached hydrogens (tertiary/aromatic N) is 1. The molecule has 1 aliphatic carbocycles. The molecule has 7 nitrogen and oxygen atoms in total. The first-order valence-electron chi connectivity index (χ1n) is 11.2. The average Bonchev–Trinajstić information content (AvgIpc) is 3.49. The average molecular weight is 432 g/mol. The number of hydrogen-bond donors (Lipinski definition) is 0. The first-order chi connectivity index (χ1) is 14.7. The highest BCUT2D eigenvalue weighted by Gasteiger charge is 2.42. The topological polar surface area (TPSA) is 74.3 Å². The molecule has 0 aromatic heterocycles. The minimum Gasteiger partial charge on any atom is -0.486 e. The minimum absolute atomic E-state index is 0.112. The van der Waals surface area contributed by atoms with Gasteiger partial charge in [0.15, 0.2) is 11.5 Å². The molecule has 0 spiro atoms. The van der Waals surface area contributed by atoms with Crippen LogP contribution in [0.4, 0.5) is 4.79 Å². The summed E-state index contributed by atoms with van der Waals surface area (Å²) in [5.74, 6) is 1.88. The summed E-state index contributed by atoms with van der Waals surface area (Å²) in [6.07, 6.45) is 1.86. The third-order valence-corrected chi connectivity index (χ3v) is 6.36. The molecule has 0 bridgehead atoms. The number of esters is 1. The Hall–Kier alpha value is -2.44. The Labute approximate surface area is 184 Å². The van der Waals surface area contributed by atoms with Gasteiger partial charge in [0.25, 0.3) is 0 Å². The van der Waals surface area contributed by atoms with Crippen molar-refractivity contribution >= 4 is 12.1 Å². The van der Waals surface area contributed by atoms with E-state index in [9.17, 15) is 9.59 Å². The fourth-order valence-corrected chi connectivity index (χ4v) is 4.52. The molecule has 31 heavy (non-hydrogen) atoms. The smallest absolute Gasteiger partial charge is 0.410 e. The summed E-state index contributed by atoms with van der Waals surface area (Å²) in [5, 5.41) is 0. The first-order valence-corrected chi connectivity index (χ1v) is 11.2. The van der Waals surface area contributed by atoms with Gasteiger partial charge in [0.1, 0.15) is 18.3 Å². The lowest BCUT2D eigenvalue weighted by Gasteiger charge is -2.44. The maximum atomic E-state index is 12.2. The fourth-order valence-electron chi connectivity index (χ4n) is 4.52. The lowest BCUT2D eigenvalue weighted by molar-refractivity contribution is -0.145. The monoisotopic (exact) mass is 431 g/mol. The highest BCUT2D eigenvalue weighted by Crippen LogP contribution is 2.49. The maximum absolute atomic E-state index is 12.2. The molecule has 4 rings (SSSR count). The SMILES string of the molecule is COC(=O)[C@@H](C)[C@H](c1ccc2c(c1)O[C@H](C1CN(C(=O)OC(C)(C)C)C1)CO2)C1CC1. The molecule has 2 fully saturated rings. The van der Waals surface area contributed by atoms with Gasteiger partial charge in [0.2, 0.25) is 0 Å². The Bertz CT molecular complexity index is 837. The quantitative estimate of drug-likeness (QED) is 0.656. The lowest BCUT2D eigenvalue weighted by Crippen LogP contribution is -2.58. The van der Waals surface area contributed by atoms with Crippen LogP contribution in [0.15, 0.2) is 18.2 Å². The second-order valence-electron chi connectivity index (χ2n) is 9.99. The highest BCUT2D eigenvalue weighted by atomic mass is 16.6. The molecule has 0 unspecified atom stereocenters. The van der Waals surface area contributed by atoms with Crippen LogP contribution in [0, 0.1) is 17.8 Å². The summed E-state index contributed by atoms with van der Waals surface area (Å²) < 4.78 is 22.7. The Morgan fingerprint density at radius 2 is 1.87 bits per heavy atom. The zero-order valence-electron chi connectivity index (χ0n) is 19.1. The largest absolute Gasteiger partial charge is 0.486 e. The maximum Gasteiger partial charge on any atom is 0.410 e. The third-order valence-electron chi connectivity index (χ3n) is 6.36. The van der Waals surface area contributed by atoms with Crippen LogP contribution in [-0.2, 0) is 14.3 Å². The highest BCUT2D eigenvalue weighted by molar-refractivity contribution is 5.73. The minimum atomic E-state index is -0.499. The van der Waals surface area contributed by atoms with E-state index in [-0.39, 0.29) is 35.9 Å². The van der Waals surface area contributed by atoms with Crippen LogP contribution in [0.2, 0.25) is 0 Å². The summed E-state index contributed by atoms with van der Waals surface area (Å²) >= 11 is 0. The van der Waals surface area contributed by atoms with E-state index in [4.69, 9.17) is 18.9 Å². The van der Waals surface area contributed by atoms with E-state index in [0.717, 1.165) is 24.2 Å². The molecule has 0 radical (unpaired) electrons. The Morgan fingerprint density at radius 3 is 2.48 bits per heavy atom. The number of likely N-dealkylation sites (tertiary alicyclic amines) is 1. The predicted molar refractivity (Wildman–Crippen MR) is 114 cm³/mol. The van der Waals surface area contributed by atoms with Crippen molar-refractivity contribution in [2.45, 2.75) is 58.2 Å². The van der Waals surface area contributed by atoms with Crippen molar-refractivity contribution in [2.24, 2.45) is 17.8 Å². The van der Waals surface area contributed by atoms with Crippen LogP contribution < -0.4 is 9.47 Å². The molecule has 3 atom stereocenters. The molecule has 2 heterocycles. The summed E-state index contributed by atoms with van der Waals surface area (Å²) in [6, 6.07) is 6.00. The molecule has 3 aliphatic rings. The second-order valence-corrected chi connectivity index (χ2v) is 9.99. The van der Waals surface area contributed by atoms with Gasteiger partial charge in [-0.05, 0) is 63.1 Å². The number of ether oxygens (including phenoxy) is 4. The van der Waals surface area contributed by atoms with Crippen LogP contribution in [0.25, 0.3) is 0 Å². The van der Waals surface area contributed by atoms with Gasteiger partial charge in [-0.15, -0.1) is 0 Å². The summed E-state index contributed by atoms with van der Waals surface area (Å²) in [7, 11) is 1.44. The zero-order chi connectivity index (χ0) is 22.3. The molecular formula is C24H33NO6. The number of amides is 1. The van der Waals surface area contributed by atoms with Gasteiger partial charge in [0, 0.05) is 19.0 Å². The molecule has 170 valence electrons. The van der Waals surface area contributed by atoms with Crippen LogP contribution in [0.5, 0.6) is 11.5 Å². The van der Waals surface area contributed by atoms with Crippen molar-refractivity contribution < 1.29 is 28.5 Å². The Morgan fingerprint density at radius 1 is 1.16 bits per heavy atom. The van der Waals surface area contributed by atoms with Crippen LogP contribution in [0.3, 0.4) is 0 Å². The van der Waals surface area contributed by atoms with Crippen LogP contribution in [0.1, 0.15) is 52.0 Å². The van der Waals surface area contributed by atoms with Crippen LogP contribution >= 0.6 is 0 Å². The van der Waals surface area contributed by atoms with Gasteiger partial charge in [0.05, 0.1) is 13.0 Å². The van der Waals surface area contributed by atoms with Crippen LogP contribution in [-0.4, -0.2) is 55.5 Å². The van der Waals surface area contributed by atoms with Crippen molar-refractivity contribution in [1.29, 1.82) is 0 Å². The van der Waals surface area contributed by atoms with Gasteiger partial charge in [-0.3, -0.25) is 4.79 Å². The van der Waals surface area contributed by atoms with Crippen molar-refractivity contribution in [3.63, 3.8) is 0 Å². The summed E-state index contributed by atoms with van der Waals surface area (Å²) in [5.41, 5.74) is 0.592. The van der Waals surface area contributed by atoms with E-state index in [1.807, 2.05) is 45.9 Å². The van der Waals surface area contributed by atoms with Gasteiger partial charge < -0.3 is 23.8 Å². The van der Waals surface area contributed by atoms with Crippen molar-refractivity contribution in [1.82, 2.24) is 4.90 Å². The molecule has 1 saturated heterocycles. The number of rotatable bonds is 5. The second kappa shape index (κ2) is 8.24. The van der Waals surface area contributed by atoms with Crippen molar-refractivity contribution in [3.05, 3.63) is 23.8 Å². The van der Waals surface area contributed by atoms with Crippen molar-refractivity contribution in [2.75, 3.05) is 26.8 Å². The summed E-state index contributed by atoms with van der Waals surface area (Å²) in [4.78, 5) is 26.1. The molecule has 1 aromatic carbocycles. The fraction of sp³-hybridized carbons (Fsp3) is 0.667. The molecule has 7 heteroatoms. The normalized spacial score (nSPS) is 22.9. The molecule has 1 aromatic rings. The first kappa shape index (κ1) is 21.8. The number of carbonyl (C=O) groups is 2. The Kier molecular flexibility index (Phi) is 5.79. The van der Waals surface area contributed by atoms with Gasteiger partial charge >= 0.3 is 12.1 Å². The van der Waals surface area contributed by atoms with Gasteiger partial charge in [-0.2, -0.15) is 0 Å². The number of methoxy groups -OCH3 is 1. The van der Waals surface area contributed by atoms with E-state index in [1.165, 1.54) is 7.11 Å². The molecule has 0 N–H and O–H groups in total. The molecule has 1 saturated carbocycles. The number of benzene rings is 1. The number of fused-ring (bicyclic) bond motifs is 1. The van der Waals surface area contributed by atoms with E-state index >= 15 is 0 Å². The zero-order valence-corrected chi connectivity index (χ0v) is 19.1. The molecular weight excluding hydrogens is 398 g/mol. The predicted octanol–water partition coefficient (Wildman–Crippen LogP) is 4.00. The van der Waals surface area contributed by atoms with E-state index in [0.29, 0.717) is 31.4 Å². The lowest BCUT2D eigenvalue weighted by atomic mass is 9.83. The Balaban J connectivity index is 1.41. The third kappa shape index (κ3) is 4.75. The standard InChI is InChI=1S/C24H33NO6/c1-14(22(26)28-5)21(15-6-7-15)16-8-9-18-19(10-16)30-20(13-29-18)17-11-25(12-17)23(27)31-24(2,3)4/h8-10,14-15,17,20-21H,6-7,11-13H2,1-5H3/t14-,20-,21-/m0/s1.